The van der Waals surface area contributed by atoms with Gasteiger partial charge < -0.3 is 0 Å². The van der Waals surface area contributed by atoms with Crippen molar-refractivity contribution in [2.24, 2.45) is 0 Å². The van der Waals surface area contributed by atoms with Gasteiger partial charge in [0.2, 0.25) is 0 Å². The molecule has 9 aromatic rings. The smallest absolute Gasteiger partial charge is 0.00137 e. The second-order valence-corrected chi connectivity index (χ2v) is 11.3. The zero-order valence-corrected chi connectivity index (χ0v) is 23.0. The van der Waals surface area contributed by atoms with Crippen molar-refractivity contribution >= 4 is 53.9 Å². The van der Waals surface area contributed by atoms with Crippen molar-refractivity contribution in [1.29, 1.82) is 0 Å². The van der Waals surface area contributed by atoms with Crippen LogP contribution in [0, 0.1) is 0 Å². The van der Waals surface area contributed by atoms with E-state index in [9.17, 15) is 0 Å². The van der Waals surface area contributed by atoms with E-state index in [1.807, 2.05) is 0 Å². The molecule has 0 nitrogen and oxygen atoms in total. The minimum absolute atomic E-state index is 1.23. The van der Waals surface area contributed by atoms with Crippen LogP contribution in [0.1, 0.15) is 0 Å². The van der Waals surface area contributed by atoms with Crippen molar-refractivity contribution in [1.82, 2.24) is 0 Å². The van der Waals surface area contributed by atoms with Gasteiger partial charge in [0.1, 0.15) is 0 Å². The second kappa shape index (κ2) is 9.03. The third-order valence-corrected chi connectivity index (χ3v) is 8.95. The fourth-order valence-electron chi connectivity index (χ4n) is 7.18. The Labute approximate surface area is 244 Å². The van der Waals surface area contributed by atoms with Gasteiger partial charge in [-0.3, -0.25) is 0 Å². The summed E-state index contributed by atoms with van der Waals surface area (Å²) in [5.41, 5.74) is 7.45. The van der Waals surface area contributed by atoms with E-state index in [0.717, 1.165) is 0 Å². The first-order valence-corrected chi connectivity index (χ1v) is 14.6. The number of rotatable bonds is 3. The Kier molecular flexibility index (Phi) is 5.00. The summed E-state index contributed by atoms with van der Waals surface area (Å²) < 4.78 is 0. The molecule has 0 unspecified atom stereocenters. The Hall–Kier alpha value is -5.46. The summed E-state index contributed by atoms with van der Waals surface area (Å²) in [6.07, 6.45) is 0. The lowest BCUT2D eigenvalue weighted by Gasteiger charge is -2.20. The molecule has 0 amide bonds. The summed E-state index contributed by atoms with van der Waals surface area (Å²) in [7, 11) is 0. The molecule has 0 aliphatic heterocycles. The molecule has 0 saturated carbocycles. The molecule has 0 atom stereocenters. The van der Waals surface area contributed by atoms with E-state index in [2.05, 4.69) is 158 Å². The molecule has 9 rings (SSSR count). The summed E-state index contributed by atoms with van der Waals surface area (Å²) in [4.78, 5) is 0. The molecule has 0 fully saturated rings. The SMILES string of the molecule is c1ccc(-c2cc(-c3ccccc3)cc(-c3c4ccccc4c4c5cccc6cccc(c7cccc3c74)c65)c2)cc1. The van der Waals surface area contributed by atoms with Crippen molar-refractivity contribution in [2.75, 3.05) is 0 Å². The summed E-state index contributed by atoms with van der Waals surface area (Å²) in [6, 6.07) is 58.0. The summed E-state index contributed by atoms with van der Waals surface area (Å²) in [5, 5.41) is 13.2. The van der Waals surface area contributed by atoms with Crippen LogP contribution in [-0.4, -0.2) is 0 Å². The Balaban J connectivity index is 1.48. The summed E-state index contributed by atoms with van der Waals surface area (Å²) in [5.74, 6) is 0. The minimum atomic E-state index is 1.23. The van der Waals surface area contributed by atoms with Crippen molar-refractivity contribution in [3.05, 3.63) is 158 Å². The summed E-state index contributed by atoms with van der Waals surface area (Å²) >= 11 is 0. The van der Waals surface area contributed by atoms with Crippen LogP contribution in [0.2, 0.25) is 0 Å². The highest BCUT2D eigenvalue weighted by Gasteiger charge is 2.20. The van der Waals surface area contributed by atoms with Gasteiger partial charge in [0, 0.05) is 0 Å². The molecule has 0 heterocycles. The highest BCUT2D eigenvalue weighted by molar-refractivity contribution is 6.40. The molecule has 0 aliphatic carbocycles. The maximum atomic E-state index is 2.38. The number of fused-ring (bicyclic) bond motifs is 4. The monoisotopic (exact) mass is 530 g/mol. The Morgan fingerprint density at radius 3 is 1.33 bits per heavy atom. The maximum absolute atomic E-state index is 2.38. The van der Waals surface area contributed by atoms with E-state index < -0.39 is 0 Å². The van der Waals surface area contributed by atoms with Crippen LogP contribution in [0.5, 0.6) is 0 Å². The Morgan fingerprint density at radius 1 is 0.238 bits per heavy atom. The van der Waals surface area contributed by atoms with Gasteiger partial charge in [-0.25, -0.2) is 0 Å². The third-order valence-electron chi connectivity index (χ3n) is 8.95. The fourth-order valence-corrected chi connectivity index (χ4v) is 7.18. The largest absolute Gasteiger partial charge is 0.0622 e. The van der Waals surface area contributed by atoms with Crippen LogP contribution < -0.4 is 0 Å². The molecule has 42 heavy (non-hydrogen) atoms. The molecule has 0 saturated heterocycles. The zero-order chi connectivity index (χ0) is 27.6. The first-order valence-electron chi connectivity index (χ1n) is 14.6. The van der Waals surface area contributed by atoms with Crippen LogP contribution in [0.25, 0.3) is 87.2 Å². The van der Waals surface area contributed by atoms with Gasteiger partial charge in [-0.05, 0) is 105 Å². The van der Waals surface area contributed by atoms with Gasteiger partial charge >= 0.3 is 0 Å². The van der Waals surface area contributed by atoms with E-state index in [4.69, 9.17) is 0 Å². The van der Waals surface area contributed by atoms with E-state index in [-0.39, 0.29) is 0 Å². The van der Waals surface area contributed by atoms with Crippen LogP contribution in [0.3, 0.4) is 0 Å². The van der Waals surface area contributed by atoms with Gasteiger partial charge in [0.15, 0.2) is 0 Å². The number of hydrogen-bond acceptors (Lipinski definition) is 0. The highest BCUT2D eigenvalue weighted by Crippen LogP contribution is 2.48. The standard InChI is InChI=1S/C42H26/c1-3-12-27(13-4-1)30-24-31(28-14-5-2-6-15-28)26-32(25-30)40-33-18-7-8-19-35(33)41-37-22-10-17-29-16-9-20-34(39(29)37)36-21-11-23-38(40)42(36)41/h1-26H. The van der Waals surface area contributed by atoms with Crippen molar-refractivity contribution in [3.63, 3.8) is 0 Å². The van der Waals surface area contributed by atoms with E-state index in [1.165, 1.54) is 87.2 Å². The van der Waals surface area contributed by atoms with Gasteiger partial charge in [-0.2, -0.15) is 0 Å². The lowest BCUT2D eigenvalue weighted by Crippen LogP contribution is -1.93. The first kappa shape index (κ1) is 23.3. The van der Waals surface area contributed by atoms with E-state index in [1.54, 1.807) is 0 Å². The van der Waals surface area contributed by atoms with Crippen molar-refractivity contribution < 1.29 is 0 Å². The first-order chi connectivity index (χ1) is 20.8. The minimum Gasteiger partial charge on any atom is -0.0622 e. The average molecular weight is 531 g/mol. The highest BCUT2D eigenvalue weighted by atomic mass is 14.2. The summed E-state index contributed by atoms with van der Waals surface area (Å²) in [6.45, 7) is 0. The molecular weight excluding hydrogens is 504 g/mol. The van der Waals surface area contributed by atoms with Gasteiger partial charge in [0.25, 0.3) is 0 Å². The molecule has 0 heteroatoms. The van der Waals surface area contributed by atoms with Crippen LogP contribution in [-0.2, 0) is 0 Å². The lowest BCUT2D eigenvalue weighted by molar-refractivity contribution is 1.58. The molecule has 0 radical (unpaired) electrons. The zero-order valence-electron chi connectivity index (χ0n) is 23.0. The molecule has 0 bridgehead atoms. The van der Waals surface area contributed by atoms with Crippen LogP contribution in [0.15, 0.2) is 158 Å². The molecule has 0 N–H and O–H groups in total. The van der Waals surface area contributed by atoms with Crippen molar-refractivity contribution in [3.8, 4) is 33.4 Å². The predicted molar refractivity (Wildman–Crippen MR) is 181 cm³/mol. The van der Waals surface area contributed by atoms with Crippen molar-refractivity contribution in [2.45, 2.75) is 0 Å². The lowest BCUT2D eigenvalue weighted by atomic mass is 9.82. The topological polar surface area (TPSA) is 0 Å². The average Bonchev–Trinajstić information content (AvgIpc) is 3.07. The van der Waals surface area contributed by atoms with Gasteiger partial charge in [-0.15, -0.1) is 0 Å². The number of hydrogen-bond donors (Lipinski definition) is 0. The quantitative estimate of drug-likeness (QED) is 0.157. The second-order valence-electron chi connectivity index (χ2n) is 11.3. The normalized spacial score (nSPS) is 11.8. The van der Waals surface area contributed by atoms with E-state index >= 15 is 0 Å². The predicted octanol–water partition coefficient (Wildman–Crippen LogP) is 11.9. The Bertz CT molecular complexity index is 2370. The third kappa shape index (κ3) is 3.36. The molecule has 0 aliphatic rings. The fraction of sp³-hybridized carbons (Fsp3) is 0. The molecular formula is C42H26. The maximum Gasteiger partial charge on any atom is -0.00137 e. The van der Waals surface area contributed by atoms with E-state index in [0.29, 0.717) is 0 Å². The Morgan fingerprint density at radius 2 is 0.667 bits per heavy atom. The molecule has 0 aromatic heterocycles. The molecule has 194 valence electrons. The molecule has 0 spiro atoms. The van der Waals surface area contributed by atoms with Gasteiger partial charge in [-0.1, -0.05) is 140 Å². The van der Waals surface area contributed by atoms with Gasteiger partial charge in [0.05, 0.1) is 0 Å². The van der Waals surface area contributed by atoms with Crippen LogP contribution >= 0.6 is 0 Å². The van der Waals surface area contributed by atoms with Crippen LogP contribution in [0.4, 0.5) is 0 Å². The molecule has 9 aromatic carbocycles. The number of benzene rings is 9.